The molecular weight excluding hydrogens is 192 g/mol. The summed E-state index contributed by atoms with van der Waals surface area (Å²) >= 11 is 0. The van der Waals surface area contributed by atoms with Gasteiger partial charge in [0.1, 0.15) is 0 Å². The van der Waals surface area contributed by atoms with Crippen molar-refractivity contribution in [1.82, 2.24) is 0 Å². The molecule has 0 unspecified atom stereocenters. The first kappa shape index (κ1) is 15.6. The van der Waals surface area contributed by atoms with E-state index in [9.17, 15) is 0 Å². The van der Waals surface area contributed by atoms with Crippen LogP contribution in [0.1, 0.15) is 27.8 Å². The molecule has 2 heteroatoms. The van der Waals surface area contributed by atoms with Crippen molar-refractivity contribution < 1.29 is 12.4 Å². The Morgan fingerprint density at radius 1 is 0.923 bits per heavy atom. The third-order valence-corrected chi connectivity index (χ3v) is 2.52. The molecule has 0 aliphatic carbocycles. The summed E-state index contributed by atoms with van der Waals surface area (Å²) in [5.74, 6) is 0. The molecule has 0 aliphatic rings. The van der Waals surface area contributed by atoms with Gasteiger partial charge in [0, 0.05) is 0 Å². The van der Waals surface area contributed by atoms with E-state index in [1.807, 2.05) is 0 Å². The first-order chi connectivity index (χ1) is 5.04. The second-order valence-corrected chi connectivity index (χ2v) is 3.24. The second kappa shape index (κ2) is 5.79. The van der Waals surface area contributed by atoms with Crippen LogP contribution in [0.5, 0.6) is 0 Å². The summed E-state index contributed by atoms with van der Waals surface area (Å²) in [6.45, 7) is 12.6. The molecule has 0 nitrogen and oxygen atoms in total. The molecule has 0 saturated heterocycles. The van der Waals surface area contributed by atoms with E-state index in [0.29, 0.717) is 0 Å². The number of benzene rings is 1. The van der Waals surface area contributed by atoms with Gasteiger partial charge in [-0.25, -0.2) is 0 Å². The monoisotopic (exact) mass is 206 g/mol. The van der Waals surface area contributed by atoms with Crippen LogP contribution in [-0.2, 0) is 0 Å². The number of hydrogen-bond acceptors (Lipinski definition) is 0. The first-order valence-electron chi connectivity index (χ1n) is 3.93. The minimum Gasteiger partial charge on any atom is -1.00 e. The fourth-order valence-corrected chi connectivity index (χ4v) is 1.34. The van der Waals surface area contributed by atoms with E-state index in [2.05, 4.69) is 40.7 Å². The molecule has 1 aromatic rings. The van der Waals surface area contributed by atoms with Crippen molar-refractivity contribution >= 4 is 23.1 Å². The molecule has 0 spiro atoms. The van der Waals surface area contributed by atoms with Crippen molar-refractivity contribution in [2.24, 2.45) is 0 Å². The topological polar surface area (TPSA) is 0 Å². The van der Waals surface area contributed by atoms with Gasteiger partial charge in [-0.2, -0.15) is 18.1 Å². The quantitative estimate of drug-likeness (QED) is 0.405. The SMILES string of the molecule is [CH2-]c1c(C)cc(C)c(C)c1C.[Cl-].[Mg+2]. The van der Waals surface area contributed by atoms with Crippen LogP contribution in [0.3, 0.4) is 0 Å². The van der Waals surface area contributed by atoms with Crippen LogP contribution in [0.4, 0.5) is 0 Å². The summed E-state index contributed by atoms with van der Waals surface area (Å²) in [5.41, 5.74) is 6.56. The maximum Gasteiger partial charge on any atom is 2.00 e. The number of halogens is 1. The van der Waals surface area contributed by atoms with E-state index in [-0.39, 0.29) is 35.5 Å². The van der Waals surface area contributed by atoms with Gasteiger partial charge in [-0.05, 0) is 6.92 Å². The van der Waals surface area contributed by atoms with Crippen LogP contribution in [0.25, 0.3) is 0 Å². The van der Waals surface area contributed by atoms with Gasteiger partial charge in [-0.1, -0.05) is 26.3 Å². The van der Waals surface area contributed by atoms with Crippen LogP contribution < -0.4 is 12.4 Å². The zero-order chi connectivity index (χ0) is 8.59. The van der Waals surface area contributed by atoms with E-state index in [4.69, 9.17) is 0 Å². The van der Waals surface area contributed by atoms with Gasteiger partial charge >= 0.3 is 23.1 Å². The smallest absolute Gasteiger partial charge is 1.00 e. The van der Waals surface area contributed by atoms with Crippen molar-refractivity contribution in [3.63, 3.8) is 0 Å². The Morgan fingerprint density at radius 2 is 1.38 bits per heavy atom. The molecule has 0 atom stereocenters. The van der Waals surface area contributed by atoms with Crippen LogP contribution >= 0.6 is 0 Å². The molecular formula is C11H15ClMg. The molecule has 1 rings (SSSR count). The summed E-state index contributed by atoms with van der Waals surface area (Å²) in [6, 6.07) is 2.20. The fourth-order valence-electron chi connectivity index (χ4n) is 1.34. The molecule has 0 aromatic heterocycles. The van der Waals surface area contributed by atoms with Crippen molar-refractivity contribution in [3.8, 4) is 0 Å². The van der Waals surface area contributed by atoms with Gasteiger partial charge in [-0.15, -0.1) is 17.2 Å². The zero-order valence-electron chi connectivity index (χ0n) is 8.87. The summed E-state index contributed by atoms with van der Waals surface area (Å²) < 4.78 is 0. The molecule has 0 bridgehead atoms. The normalized spacial score (nSPS) is 8.62. The van der Waals surface area contributed by atoms with Crippen LogP contribution in [-0.4, -0.2) is 23.1 Å². The number of rotatable bonds is 0. The van der Waals surface area contributed by atoms with E-state index >= 15 is 0 Å². The summed E-state index contributed by atoms with van der Waals surface area (Å²) in [7, 11) is 0. The Hall–Kier alpha value is 0.146. The maximum atomic E-state index is 4.02. The third-order valence-electron chi connectivity index (χ3n) is 2.52. The van der Waals surface area contributed by atoms with Crippen molar-refractivity contribution in [1.29, 1.82) is 0 Å². The predicted molar refractivity (Wildman–Crippen MR) is 55.6 cm³/mol. The van der Waals surface area contributed by atoms with Gasteiger partial charge < -0.3 is 12.4 Å². The molecule has 0 fully saturated rings. The first-order valence-corrected chi connectivity index (χ1v) is 3.93. The summed E-state index contributed by atoms with van der Waals surface area (Å²) in [4.78, 5) is 0. The molecule has 0 amide bonds. The maximum absolute atomic E-state index is 4.02. The molecule has 0 saturated carbocycles. The van der Waals surface area contributed by atoms with Crippen molar-refractivity contribution in [3.05, 3.63) is 40.8 Å². The average molecular weight is 207 g/mol. The van der Waals surface area contributed by atoms with Crippen LogP contribution in [0, 0.1) is 34.6 Å². The second-order valence-electron chi connectivity index (χ2n) is 3.24. The molecule has 1 aromatic carbocycles. The Balaban J connectivity index is 0. The van der Waals surface area contributed by atoms with Crippen LogP contribution in [0.15, 0.2) is 6.07 Å². The minimum absolute atomic E-state index is 0. The number of hydrogen-bond donors (Lipinski definition) is 0. The average Bonchev–Trinajstić information content (AvgIpc) is 1.97. The largest absolute Gasteiger partial charge is 2.00 e. The minimum atomic E-state index is 0. The molecule has 0 aliphatic heterocycles. The Bertz CT molecular complexity index is 266. The molecule has 0 heterocycles. The van der Waals surface area contributed by atoms with E-state index in [1.165, 1.54) is 27.8 Å². The van der Waals surface area contributed by atoms with Gasteiger partial charge in [0.15, 0.2) is 0 Å². The molecule has 68 valence electrons. The Morgan fingerprint density at radius 3 is 1.85 bits per heavy atom. The van der Waals surface area contributed by atoms with Gasteiger partial charge in [0.05, 0.1) is 0 Å². The molecule has 0 radical (unpaired) electrons. The molecule has 0 N–H and O–H groups in total. The number of aryl methyl sites for hydroxylation is 2. The summed E-state index contributed by atoms with van der Waals surface area (Å²) in [5, 5.41) is 0. The van der Waals surface area contributed by atoms with E-state index in [1.54, 1.807) is 0 Å². The van der Waals surface area contributed by atoms with E-state index in [0.717, 1.165) is 0 Å². The fraction of sp³-hybridized carbons (Fsp3) is 0.364. The standard InChI is InChI=1S/C11H15.ClH.Mg/c1-7-6-8(2)10(4)11(5)9(7)3;;/h6H,3H2,1-2,4-5H3;1H;/q-1;;+2/p-1. The van der Waals surface area contributed by atoms with Crippen molar-refractivity contribution in [2.75, 3.05) is 0 Å². The van der Waals surface area contributed by atoms with Crippen LogP contribution in [0.2, 0.25) is 0 Å². The van der Waals surface area contributed by atoms with Crippen molar-refractivity contribution in [2.45, 2.75) is 27.7 Å². The zero-order valence-corrected chi connectivity index (χ0v) is 11.0. The Labute approximate surface area is 104 Å². The third kappa shape index (κ3) is 3.08. The molecule has 13 heavy (non-hydrogen) atoms. The van der Waals surface area contributed by atoms with E-state index < -0.39 is 0 Å². The summed E-state index contributed by atoms with van der Waals surface area (Å²) in [6.07, 6.45) is 0. The Kier molecular flexibility index (Phi) is 6.95. The van der Waals surface area contributed by atoms with Gasteiger partial charge in [0.2, 0.25) is 0 Å². The van der Waals surface area contributed by atoms with Gasteiger partial charge in [-0.3, -0.25) is 0 Å². The predicted octanol–water partition coefficient (Wildman–Crippen LogP) is -0.274. The van der Waals surface area contributed by atoms with Gasteiger partial charge in [0.25, 0.3) is 0 Å².